The number of carbonyl (C=O) groups excluding carboxylic acids is 1. The first-order valence-corrected chi connectivity index (χ1v) is 14.5. The molecule has 5 nitrogen and oxygen atoms in total. The summed E-state index contributed by atoms with van der Waals surface area (Å²) in [5, 5.41) is 3.74. The van der Waals surface area contributed by atoms with Gasteiger partial charge >= 0.3 is 5.97 Å². The lowest BCUT2D eigenvalue weighted by atomic mass is 9.95. The zero-order valence-corrected chi connectivity index (χ0v) is 21.2. The lowest BCUT2D eigenvalue weighted by Crippen LogP contribution is -2.40. The van der Waals surface area contributed by atoms with Crippen molar-refractivity contribution in [3.8, 4) is 0 Å². The van der Waals surface area contributed by atoms with Gasteiger partial charge in [-0.15, -0.1) is 0 Å². The van der Waals surface area contributed by atoms with Crippen molar-refractivity contribution in [2.45, 2.75) is 159 Å². The third-order valence-electron chi connectivity index (χ3n) is 7.68. The third-order valence-corrected chi connectivity index (χ3v) is 7.68. The van der Waals surface area contributed by atoms with Gasteiger partial charge in [0.05, 0.1) is 12.6 Å². The van der Waals surface area contributed by atoms with Gasteiger partial charge in [-0.3, -0.25) is 4.79 Å². The van der Waals surface area contributed by atoms with E-state index in [1.165, 1.54) is 89.9 Å². The number of rotatable bonds is 3. The van der Waals surface area contributed by atoms with Crippen LogP contribution in [0.3, 0.4) is 0 Å². The molecule has 3 aliphatic rings. The molecule has 1 saturated heterocycles. The molecule has 0 spiro atoms. The van der Waals surface area contributed by atoms with Crippen LogP contribution in [0.15, 0.2) is 4.99 Å². The fourth-order valence-corrected chi connectivity index (χ4v) is 5.58. The van der Waals surface area contributed by atoms with Crippen molar-refractivity contribution in [2.75, 3.05) is 6.61 Å². The maximum absolute atomic E-state index is 11.9. The van der Waals surface area contributed by atoms with E-state index in [4.69, 9.17) is 14.5 Å². The van der Waals surface area contributed by atoms with Crippen molar-refractivity contribution < 1.29 is 14.3 Å². The van der Waals surface area contributed by atoms with Crippen LogP contribution in [0.4, 0.5) is 0 Å². The first kappa shape index (κ1) is 26.3. The molecule has 2 saturated carbocycles. The van der Waals surface area contributed by atoms with Gasteiger partial charge in [-0.05, 0) is 64.2 Å². The van der Waals surface area contributed by atoms with Crippen LogP contribution in [-0.4, -0.2) is 36.8 Å². The normalized spacial score (nSPS) is 27.0. The van der Waals surface area contributed by atoms with Gasteiger partial charge in [0, 0.05) is 12.5 Å². The molecule has 3 fully saturated rings. The molecule has 0 aromatic heterocycles. The Morgan fingerprint density at radius 2 is 1.24 bits per heavy atom. The zero-order chi connectivity index (χ0) is 23.0. The summed E-state index contributed by atoms with van der Waals surface area (Å²) in [6, 6.07) is 1.80. The maximum atomic E-state index is 11.9. The minimum Gasteiger partial charge on any atom is -0.466 e. The SMILES string of the molecule is O=C1CCCCCC(OC(=NC2CCCCC2)NC2CCCCC2)CCCCCCCCO1. The quantitative estimate of drug-likeness (QED) is 0.273. The summed E-state index contributed by atoms with van der Waals surface area (Å²) in [7, 11) is 0. The number of aliphatic imine (C=N–C) groups is 1. The molecule has 2 aliphatic carbocycles. The van der Waals surface area contributed by atoms with E-state index in [1.54, 1.807) is 0 Å². The summed E-state index contributed by atoms with van der Waals surface area (Å²) < 4.78 is 12.0. The summed E-state index contributed by atoms with van der Waals surface area (Å²) in [5.41, 5.74) is 0. The molecule has 0 radical (unpaired) electrons. The van der Waals surface area contributed by atoms with Gasteiger partial charge < -0.3 is 14.8 Å². The number of amidine groups is 1. The predicted molar refractivity (Wildman–Crippen MR) is 136 cm³/mol. The summed E-state index contributed by atoms with van der Waals surface area (Å²) >= 11 is 0. The zero-order valence-electron chi connectivity index (χ0n) is 21.2. The average Bonchev–Trinajstić information content (AvgIpc) is 2.83. The van der Waals surface area contributed by atoms with Gasteiger partial charge in [0.15, 0.2) is 0 Å². The molecule has 1 heterocycles. The summed E-state index contributed by atoms with van der Waals surface area (Å²) in [6.45, 7) is 0.603. The smallest absolute Gasteiger partial charge is 0.305 e. The minimum atomic E-state index is -0.0199. The molecule has 0 aromatic carbocycles. The third kappa shape index (κ3) is 11.6. The molecule has 5 heteroatoms. The standard InChI is InChI=1S/C28H50N2O3/c31-27-22-14-7-13-21-26(20-12-3-1-2-4-15-23-32-27)33-28(29-24-16-8-5-9-17-24)30-25-18-10-6-11-19-25/h24-26H,1-23H2,(H,29,30). The molecule has 1 aliphatic heterocycles. The molecule has 0 aromatic rings. The van der Waals surface area contributed by atoms with Crippen LogP contribution in [0.5, 0.6) is 0 Å². The van der Waals surface area contributed by atoms with Gasteiger partial charge in [-0.2, -0.15) is 0 Å². The Balaban J connectivity index is 1.56. The summed E-state index contributed by atoms with van der Waals surface area (Å²) in [5.74, 6) is -0.0199. The first-order valence-electron chi connectivity index (χ1n) is 14.5. The molecule has 1 unspecified atom stereocenters. The summed E-state index contributed by atoms with van der Waals surface area (Å²) in [4.78, 5) is 17.0. The van der Waals surface area contributed by atoms with Gasteiger partial charge in [0.2, 0.25) is 0 Å². The van der Waals surface area contributed by atoms with Gasteiger partial charge in [0.25, 0.3) is 6.02 Å². The number of nitrogens with one attached hydrogen (secondary N) is 1. The highest BCUT2D eigenvalue weighted by atomic mass is 16.5. The monoisotopic (exact) mass is 462 g/mol. The van der Waals surface area contributed by atoms with E-state index in [9.17, 15) is 4.79 Å². The van der Waals surface area contributed by atoms with E-state index in [2.05, 4.69) is 5.32 Å². The summed E-state index contributed by atoms with van der Waals surface area (Å²) in [6.07, 6.45) is 26.1. The highest BCUT2D eigenvalue weighted by Crippen LogP contribution is 2.23. The van der Waals surface area contributed by atoms with Crippen molar-refractivity contribution in [3.63, 3.8) is 0 Å². The number of cyclic esters (lactones) is 1. The second kappa shape index (κ2) is 16.4. The van der Waals surface area contributed by atoms with Crippen molar-refractivity contribution >= 4 is 12.0 Å². The molecule has 0 bridgehead atoms. The number of hydrogen-bond donors (Lipinski definition) is 1. The molecular formula is C28H50N2O3. The maximum Gasteiger partial charge on any atom is 0.305 e. The molecule has 3 rings (SSSR count). The fraction of sp³-hybridized carbons (Fsp3) is 0.929. The number of carbonyl (C=O) groups is 1. The fourth-order valence-electron chi connectivity index (χ4n) is 5.58. The van der Waals surface area contributed by atoms with Crippen LogP contribution in [0.1, 0.15) is 141 Å². The van der Waals surface area contributed by atoms with E-state index >= 15 is 0 Å². The molecule has 33 heavy (non-hydrogen) atoms. The van der Waals surface area contributed by atoms with Crippen molar-refractivity contribution in [2.24, 2.45) is 4.99 Å². The van der Waals surface area contributed by atoms with Gasteiger partial charge in [-0.25, -0.2) is 4.99 Å². The first-order chi connectivity index (χ1) is 16.3. The van der Waals surface area contributed by atoms with E-state index in [-0.39, 0.29) is 12.1 Å². The molecule has 1 N–H and O–H groups in total. The lowest BCUT2D eigenvalue weighted by Gasteiger charge is -2.28. The Morgan fingerprint density at radius 1 is 0.697 bits per heavy atom. The largest absolute Gasteiger partial charge is 0.466 e. The number of esters is 1. The van der Waals surface area contributed by atoms with Crippen molar-refractivity contribution in [3.05, 3.63) is 0 Å². The highest BCUT2D eigenvalue weighted by molar-refractivity contribution is 5.74. The second-order valence-corrected chi connectivity index (χ2v) is 10.7. The second-order valence-electron chi connectivity index (χ2n) is 10.7. The molecular weight excluding hydrogens is 412 g/mol. The lowest BCUT2D eigenvalue weighted by molar-refractivity contribution is -0.143. The Labute approximate surface area is 202 Å². The van der Waals surface area contributed by atoms with Crippen LogP contribution in [-0.2, 0) is 14.3 Å². The van der Waals surface area contributed by atoms with Crippen molar-refractivity contribution in [1.29, 1.82) is 0 Å². The van der Waals surface area contributed by atoms with E-state index < -0.39 is 0 Å². The topological polar surface area (TPSA) is 59.9 Å². The molecule has 190 valence electrons. The Kier molecular flexibility index (Phi) is 13.1. The van der Waals surface area contributed by atoms with Gasteiger partial charge in [0.1, 0.15) is 6.10 Å². The Morgan fingerprint density at radius 3 is 1.97 bits per heavy atom. The minimum absolute atomic E-state index is 0.0199. The van der Waals surface area contributed by atoms with E-state index in [0.717, 1.165) is 51.0 Å². The van der Waals surface area contributed by atoms with E-state index in [1.807, 2.05) is 0 Å². The average molecular weight is 463 g/mol. The molecule has 0 amide bonds. The van der Waals surface area contributed by atoms with Crippen LogP contribution in [0.2, 0.25) is 0 Å². The van der Waals surface area contributed by atoms with Gasteiger partial charge in [-0.1, -0.05) is 70.6 Å². The molecule has 1 atom stereocenters. The van der Waals surface area contributed by atoms with E-state index in [0.29, 0.717) is 25.1 Å². The van der Waals surface area contributed by atoms with Crippen molar-refractivity contribution in [1.82, 2.24) is 5.32 Å². The number of hydrogen-bond acceptors (Lipinski definition) is 4. The van der Waals surface area contributed by atoms with Crippen LogP contribution in [0.25, 0.3) is 0 Å². The Bertz CT molecular complexity index is 553. The number of ether oxygens (including phenoxy) is 2. The number of nitrogens with zero attached hydrogens (tertiary/aromatic N) is 1. The van der Waals surface area contributed by atoms with Crippen LogP contribution >= 0.6 is 0 Å². The van der Waals surface area contributed by atoms with Crippen LogP contribution < -0.4 is 5.32 Å². The highest BCUT2D eigenvalue weighted by Gasteiger charge is 2.21. The predicted octanol–water partition coefficient (Wildman–Crippen LogP) is 7.22. The Hall–Kier alpha value is -1.26. The van der Waals surface area contributed by atoms with Crippen LogP contribution in [0, 0.1) is 0 Å².